The van der Waals surface area contributed by atoms with E-state index in [2.05, 4.69) is 12.8 Å². The van der Waals surface area contributed by atoms with E-state index in [-0.39, 0.29) is 0 Å². The van der Waals surface area contributed by atoms with Gasteiger partial charge in [0.2, 0.25) is 0 Å². The van der Waals surface area contributed by atoms with Crippen molar-refractivity contribution in [2.24, 2.45) is 0 Å². The third-order valence-electron chi connectivity index (χ3n) is 4.56. The molecule has 0 unspecified atom stereocenters. The third-order valence-corrected chi connectivity index (χ3v) is 4.56. The maximum Gasteiger partial charge on any atom is 0.107 e. The van der Waals surface area contributed by atoms with Gasteiger partial charge in [-0.25, -0.2) is 0 Å². The minimum absolute atomic E-state index is 0.322. The van der Waals surface area contributed by atoms with Crippen molar-refractivity contribution in [1.82, 2.24) is 0 Å². The SMILES string of the molecule is C#CCOCCOCCOCCOCCOCCOCCOCCCCCCCCCC. The summed E-state index contributed by atoms with van der Waals surface area (Å²) < 4.78 is 37.8. The monoisotopic (exact) mass is 460 g/mol. The Labute approximate surface area is 196 Å². The van der Waals surface area contributed by atoms with E-state index in [0.29, 0.717) is 85.9 Å². The molecule has 0 bridgehead atoms. The smallest absolute Gasteiger partial charge is 0.107 e. The van der Waals surface area contributed by atoms with E-state index in [4.69, 9.17) is 39.6 Å². The normalized spacial score (nSPS) is 11.1. The molecule has 0 aliphatic heterocycles. The molecule has 0 aliphatic carbocycles. The van der Waals surface area contributed by atoms with Crippen LogP contribution in [-0.4, -0.2) is 92.5 Å². The fourth-order valence-electron chi connectivity index (χ4n) is 2.79. The number of hydrogen-bond donors (Lipinski definition) is 0. The van der Waals surface area contributed by atoms with Gasteiger partial charge in [-0.15, -0.1) is 6.42 Å². The van der Waals surface area contributed by atoms with Gasteiger partial charge in [-0.3, -0.25) is 0 Å². The summed E-state index contributed by atoms with van der Waals surface area (Å²) in [6.45, 7) is 10.1. The molecule has 0 rings (SSSR count). The van der Waals surface area contributed by atoms with Crippen LogP contribution >= 0.6 is 0 Å². The van der Waals surface area contributed by atoms with Crippen LogP contribution in [0.3, 0.4) is 0 Å². The van der Waals surface area contributed by atoms with E-state index in [1.165, 1.54) is 44.9 Å². The number of terminal acetylenes is 1. The molecule has 0 radical (unpaired) electrons. The van der Waals surface area contributed by atoms with Gasteiger partial charge >= 0.3 is 0 Å². The molecule has 0 spiro atoms. The predicted octanol–water partition coefficient (Wildman–Crippen LogP) is 3.88. The highest BCUT2D eigenvalue weighted by Crippen LogP contribution is 2.08. The Morgan fingerprint density at radius 2 is 0.719 bits per heavy atom. The molecule has 0 saturated carbocycles. The lowest BCUT2D eigenvalue weighted by Gasteiger charge is -2.08. The van der Waals surface area contributed by atoms with Crippen molar-refractivity contribution >= 4 is 0 Å². The average Bonchev–Trinajstić information content (AvgIpc) is 2.81. The zero-order valence-electron chi connectivity index (χ0n) is 20.5. The van der Waals surface area contributed by atoms with E-state index >= 15 is 0 Å². The highest BCUT2D eigenvalue weighted by molar-refractivity contribution is 4.82. The summed E-state index contributed by atoms with van der Waals surface area (Å²) in [7, 11) is 0. The lowest BCUT2D eigenvalue weighted by molar-refractivity contribution is -0.0197. The number of hydrogen-bond acceptors (Lipinski definition) is 7. The first kappa shape index (κ1) is 31.3. The largest absolute Gasteiger partial charge is 0.379 e. The quantitative estimate of drug-likeness (QED) is 0.130. The van der Waals surface area contributed by atoms with Crippen molar-refractivity contribution in [3.05, 3.63) is 0 Å². The predicted molar refractivity (Wildman–Crippen MR) is 127 cm³/mol. The van der Waals surface area contributed by atoms with Gasteiger partial charge in [0.15, 0.2) is 0 Å². The van der Waals surface area contributed by atoms with Crippen LogP contribution in [0.25, 0.3) is 0 Å². The Kier molecular flexibility index (Phi) is 29.6. The highest BCUT2D eigenvalue weighted by Gasteiger charge is 1.95. The number of unbranched alkanes of at least 4 members (excludes halogenated alkanes) is 7. The topological polar surface area (TPSA) is 64.6 Å². The molecule has 0 atom stereocenters. The first-order chi connectivity index (χ1) is 15.9. The first-order valence-electron chi connectivity index (χ1n) is 12.4. The van der Waals surface area contributed by atoms with E-state index in [1.807, 2.05) is 0 Å². The third kappa shape index (κ3) is 29.3. The van der Waals surface area contributed by atoms with Gasteiger partial charge in [0.1, 0.15) is 6.61 Å². The van der Waals surface area contributed by atoms with Gasteiger partial charge in [0.25, 0.3) is 0 Å². The van der Waals surface area contributed by atoms with E-state index < -0.39 is 0 Å². The number of ether oxygens (including phenoxy) is 7. The fourth-order valence-corrected chi connectivity index (χ4v) is 2.79. The lowest BCUT2D eigenvalue weighted by Crippen LogP contribution is -2.14. The molecule has 32 heavy (non-hydrogen) atoms. The van der Waals surface area contributed by atoms with Crippen molar-refractivity contribution in [1.29, 1.82) is 0 Å². The van der Waals surface area contributed by atoms with Crippen molar-refractivity contribution < 1.29 is 33.2 Å². The molecular formula is C25H48O7. The van der Waals surface area contributed by atoms with Crippen molar-refractivity contribution in [2.45, 2.75) is 58.3 Å². The van der Waals surface area contributed by atoms with E-state index in [9.17, 15) is 0 Å². The molecule has 0 heterocycles. The summed E-state index contributed by atoms with van der Waals surface area (Å²) in [5, 5.41) is 0. The molecule has 7 nitrogen and oxygen atoms in total. The summed E-state index contributed by atoms with van der Waals surface area (Å²) in [6.07, 6.45) is 15.6. The van der Waals surface area contributed by atoms with Gasteiger partial charge in [-0.2, -0.15) is 0 Å². The van der Waals surface area contributed by atoms with Crippen LogP contribution < -0.4 is 0 Å². The second kappa shape index (κ2) is 30.3. The van der Waals surface area contributed by atoms with Crippen LogP contribution in [0.15, 0.2) is 0 Å². The Bertz CT molecular complexity index is 374. The summed E-state index contributed by atoms with van der Waals surface area (Å²) in [4.78, 5) is 0. The minimum Gasteiger partial charge on any atom is -0.379 e. The summed E-state index contributed by atoms with van der Waals surface area (Å²) >= 11 is 0. The van der Waals surface area contributed by atoms with Crippen LogP contribution in [0.4, 0.5) is 0 Å². The molecule has 0 N–H and O–H groups in total. The van der Waals surface area contributed by atoms with Crippen LogP contribution in [0.5, 0.6) is 0 Å². The summed E-state index contributed by atoms with van der Waals surface area (Å²) in [5.41, 5.74) is 0. The molecule has 0 aromatic carbocycles. The van der Waals surface area contributed by atoms with Crippen LogP contribution in [0, 0.1) is 12.3 Å². The van der Waals surface area contributed by atoms with Crippen molar-refractivity contribution in [2.75, 3.05) is 92.5 Å². The Balaban J connectivity index is 2.99. The second-order valence-electron chi connectivity index (χ2n) is 7.41. The van der Waals surface area contributed by atoms with Crippen molar-refractivity contribution in [3.8, 4) is 12.3 Å². The van der Waals surface area contributed by atoms with Crippen LogP contribution in [0.1, 0.15) is 58.3 Å². The highest BCUT2D eigenvalue weighted by atomic mass is 16.6. The van der Waals surface area contributed by atoms with E-state index in [1.54, 1.807) is 0 Å². The molecule has 0 aliphatic rings. The minimum atomic E-state index is 0.322. The van der Waals surface area contributed by atoms with Crippen molar-refractivity contribution in [3.63, 3.8) is 0 Å². The zero-order valence-corrected chi connectivity index (χ0v) is 20.5. The van der Waals surface area contributed by atoms with E-state index in [0.717, 1.165) is 13.0 Å². The molecule has 0 aromatic heterocycles. The fraction of sp³-hybridized carbons (Fsp3) is 0.920. The summed E-state index contributed by atoms with van der Waals surface area (Å²) in [5.74, 6) is 2.40. The first-order valence-corrected chi connectivity index (χ1v) is 12.4. The van der Waals surface area contributed by atoms with Gasteiger partial charge in [0, 0.05) is 6.61 Å². The lowest BCUT2D eigenvalue weighted by atomic mass is 10.1. The maximum absolute atomic E-state index is 5.59. The average molecular weight is 461 g/mol. The Morgan fingerprint density at radius 3 is 1.09 bits per heavy atom. The second-order valence-corrected chi connectivity index (χ2v) is 7.41. The van der Waals surface area contributed by atoms with Gasteiger partial charge in [-0.1, -0.05) is 57.8 Å². The van der Waals surface area contributed by atoms with Crippen LogP contribution in [0.2, 0.25) is 0 Å². The molecule has 0 saturated heterocycles. The molecule has 0 fully saturated rings. The summed E-state index contributed by atoms with van der Waals surface area (Å²) in [6, 6.07) is 0. The molecule has 7 heteroatoms. The van der Waals surface area contributed by atoms with Gasteiger partial charge in [0.05, 0.1) is 79.3 Å². The standard InChI is InChI=1S/C25H48O7/c1-3-5-6-7-8-9-10-11-13-27-15-17-29-19-21-31-23-25-32-24-22-30-20-18-28-16-14-26-12-4-2/h2H,3,5-25H2,1H3. The zero-order chi connectivity index (χ0) is 23.2. The molecule has 0 amide bonds. The molecule has 0 aromatic rings. The molecular weight excluding hydrogens is 412 g/mol. The van der Waals surface area contributed by atoms with Crippen LogP contribution in [-0.2, 0) is 33.2 Å². The Hall–Kier alpha value is -0.720. The maximum atomic E-state index is 5.59. The van der Waals surface area contributed by atoms with Gasteiger partial charge < -0.3 is 33.2 Å². The Morgan fingerprint density at radius 1 is 0.406 bits per heavy atom. The number of rotatable bonds is 28. The molecule has 190 valence electrons. The van der Waals surface area contributed by atoms with Gasteiger partial charge in [-0.05, 0) is 6.42 Å².